The normalized spacial score (nSPS) is 26.4. The molecule has 1 aromatic heterocycles. The third kappa shape index (κ3) is 6.29. The van der Waals surface area contributed by atoms with Crippen molar-refractivity contribution in [3.8, 4) is 0 Å². The third-order valence-electron chi connectivity index (χ3n) is 6.73. The lowest BCUT2D eigenvalue weighted by Gasteiger charge is -2.34. The van der Waals surface area contributed by atoms with Gasteiger partial charge in [-0.15, -0.1) is 0 Å². The van der Waals surface area contributed by atoms with Crippen LogP contribution in [0, 0.1) is 5.92 Å². The summed E-state index contributed by atoms with van der Waals surface area (Å²) in [5.41, 5.74) is 2.40. The Morgan fingerprint density at radius 3 is 2.76 bits per heavy atom. The molecular formula is C25H38N4O3S. The average Bonchev–Trinajstić information content (AvgIpc) is 3.21. The van der Waals surface area contributed by atoms with Crippen LogP contribution in [0.2, 0.25) is 0 Å². The van der Waals surface area contributed by atoms with E-state index in [1.54, 1.807) is 18.3 Å². The minimum Gasteiger partial charge on any atom is -0.443 e. The molecule has 2 heterocycles. The van der Waals surface area contributed by atoms with E-state index in [0.717, 1.165) is 62.8 Å². The van der Waals surface area contributed by atoms with Crippen molar-refractivity contribution in [3.63, 3.8) is 0 Å². The molecule has 2 atom stereocenters. The molecule has 2 N–H and O–H groups in total. The molecule has 2 aliphatic rings. The highest BCUT2D eigenvalue weighted by Crippen LogP contribution is 2.35. The number of hydrogen-bond acceptors (Lipinski definition) is 7. The lowest BCUT2D eigenvalue weighted by molar-refractivity contribution is -0.00385. The van der Waals surface area contributed by atoms with Crippen LogP contribution in [0.15, 0.2) is 24.5 Å². The van der Waals surface area contributed by atoms with Gasteiger partial charge in [0.05, 0.1) is 23.7 Å². The van der Waals surface area contributed by atoms with Gasteiger partial charge in [-0.3, -0.25) is 4.72 Å². The monoisotopic (exact) mass is 474 g/mol. The average molecular weight is 475 g/mol. The summed E-state index contributed by atoms with van der Waals surface area (Å²) in [6, 6.07) is 6.81. The van der Waals surface area contributed by atoms with Crippen molar-refractivity contribution in [3.05, 3.63) is 30.1 Å². The Labute approximate surface area is 201 Å². The summed E-state index contributed by atoms with van der Waals surface area (Å²) >= 11 is 1.71. The van der Waals surface area contributed by atoms with Gasteiger partial charge in [-0.2, -0.15) is 0 Å². The van der Waals surface area contributed by atoms with Crippen LogP contribution in [-0.2, 0) is 9.47 Å². The Morgan fingerprint density at radius 2 is 2.03 bits per heavy atom. The molecule has 1 aliphatic carbocycles. The first kappa shape index (κ1) is 24.5. The van der Waals surface area contributed by atoms with Gasteiger partial charge in [-0.25, -0.2) is 14.3 Å². The first-order chi connectivity index (χ1) is 15.8. The maximum Gasteiger partial charge on any atom is 0.420 e. The second-order valence-electron chi connectivity index (χ2n) is 10.3. The smallest absolute Gasteiger partial charge is 0.420 e. The van der Waals surface area contributed by atoms with Crippen molar-refractivity contribution >= 4 is 29.1 Å². The van der Waals surface area contributed by atoms with Crippen molar-refractivity contribution in [2.75, 3.05) is 26.0 Å². The van der Waals surface area contributed by atoms with Gasteiger partial charge in [0.25, 0.3) is 0 Å². The Kier molecular flexibility index (Phi) is 7.99. The number of nitrogens with one attached hydrogen (secondary N) is 2. The molecule has 1 aromatic carbocycles. The Hall–Kier alpha value is -1.61. The summed E-state index contributed by atoms with van der Waals surface area (Å²) in [5.74, 6) is 1.05. The van der Waals surface area contributed by atoms with E-state index in [9.17, 15) is 4.79 Å². The first-order valence-electron chi connectivity index (χ1n) is 12.1. The summed E-state index contributed by atoms with van der Waals surface area (Å²) in [7, 11) is 0. The Morgan fingerprint density at radius 1 is 1.24 bits per heavy atom. The van der Waals surface area contributed by atoms with Crippen LogP contribution in [0.4, 0.5) is 4.79 Å². The Bertz CT molecular complexity index is 931. The molecule has 182 valence electrons. The maximum atomic E-state index is 12.5. The molecule has 7 nitrogen and oxygen atoms in total. The lowest BCUT2D eigenvalue weighted by atomic mass is 9.82. The van der Waals surface area contributed by atoms with Crippen LogP contribution in [0.25, 0.3) is 11.0 Å². The van der Waals surface area contributed by atoms with Gasteiger partial charge in [0, 0.05) is 18.5 Å². The van der Waals surface area contributed by atoms with E-state index in [1.807, 2.05) is 26.8 Å². The summed E-state index contributed by atoms with van der Waals surface area (Å²) in [5, 5.41) is 3.51. The number of fused-ring (bicyclic) bond motifs is 1. The van der Waals surface area contributed by atoms with E-state index >= 15 is 0 Å². The van der Waals surface area contributed by atoms with Gasteiger partial charge in [0.15, 0.2) is 0 Å². The predicted molar refractivity (Wildman–Crippen MR) is 134 cm³/mol. The number of benzene rings is 1. The maximum absolute atomic E-state index is 12.5. The molecule has 0 radical (unpaired) electrons. The van der Waals surface area contributed by atoms with Gasteiger partial charge in [-0.1, -0.05) is 18.0 Å². The summed E-state index contributed by atoms with van der Waals surface area (Å²) in [6.07, 6.45) is 9.22. The summed E-state index contributed by atoms with van der Waals surface area (Å²) < 4.78 is 16.9. The minimum atomic E-state index is -0.534. The van der Waals surface area contributed by atoms with E-state index in [0.29, 0.717) is 24.0 Å². The fourth-order valence-corrected chi connectivity index (χ4v) is 5.58. The SMILES string of the molecule is CSNC1CCNCC1COC1CCC(c2ccc3c(c2)ncn3C(=O)OC(C)(C)C)CC1. The van der Waals surface area contributed by atoms with Crippen molar-refractivity contribution in [2.24, 2.45) is 5.92 Å². The molecule has 2 unspecified atom stereocenters. The Balaban J connectivity index is 1.31. The number of carbonyl (C=O) groups is 1. The van der Waals surface area contributed by atoms with Crippen LogP contribution in [0.3, 0.4) is 0 Å². The zero-order valence-corrected chi connectivity index (χ0v) is 21.1. The molecule has 0 amide bonds. The van der Waals surface area contributed by atoms with Crippen molar-refractivity contribution in [1.82, 2.24) is 19.6 Å². The fraction of sp³-hybridized carbons (Fsp3) is 0.680. The second-order valence-corrected chi connectivity index (χ2v) is 11.0. The van der Waals surface area contributed by atoms with Gasteiger partial charge in [0.1, 0.15) is 11.9 Å². The first-order valence-corrected chi connectivity index (χ1v) is 13.4. The third-order valence-corrected chi connectivity index (χ3v) is 7.27. The highest BCUT2D eigenvalue weighted by Gasteiger charge is 2.28. The van der Waals surface area contributed by atoms with Gasteiger partial charge < -0.3 is 14.8 Å². The van der Waals surface area contributed by atoms with E-state index in [4.69, 9.17) is 9.47 Å². The van der Waals surface area contributed by atoms with E-state index in [2.05, 4.69) is 33.4 Å². The number of nitrogens with zero attached hydrogens (tertiary/aromatic N) is 2. The van der Waals surface area contributed by atoms with Crippen LogP contribution >= 0.6 is 11.9 Å². The van der Waals surface area contributed by atoms with Gasteiger partial charge >= 0.3 is 6.09 Å². The number of ether oxygens (including phenoxy) is 2. The molecule has 1 saturated heterocycles. The molecule has 2 aromatic rings. The van der Waals surface area contributed by atoms with E-state index in [1.165, 1.54) is 10.1 Å². The van der Waals surface area contributed by atoms with Crippen LogP contribution in [0.1, 0.15) is 64.4 Å². The topological polar surface area (TPSA) is 77.4 Å². The van der Waals surface area contributed by atoms with Crippen LogP contribution in [-0.4, -0.2) is 59.3 Å². The molecule has 1 saturated carbocycles. The lowest BCUT2D eigenvalue weighted by Crippen LogP contribution is -2.47. The van der Waals surface area contributed by atoms with Crippen molar-refractivity contribution < 1.29 is 14.3 Å². The summed E-state index contributed by atoms with van der Waals surface area (Å²) in [6.45, 7) is 8.55. The van der Waals surface area contributed by atoms with E-state index < -0.39 is 11.7 Å². The molecule has 1 aliphatic heterocycles. The molecular weight excluding hydrogens is 436 g/mol. The molecule has 2 fully saturated rings. The highest BCUT2D eigenvalue weighted by atomic mass is 32.2. The van der Waals surface area contributed by atoms with E-state index in [-0.39, 0.29) is 0 Å². The number of imidazole rings is 1. The zero-order chi connectivity index (χ0) is 23.4. The zero-order valence-electron chi connectivity index (χ0n) is 20.3. The number of hydrogen-bond donors (Lipinski definition) is 2. The van der Waals surface area contributed by atoms with Gasteiger partial charge in [0.2, 0.25) is 0 Å². The van der Waals surface area contributed by atoms with Crippen LogP contribution in [0.5, 0.6) is 0 Å². The number of aromatic nitrogens is 2. The van der Waals surface area contributed by atoms with Crippen molar-refractivity contribution in [2.45, 2.75) is 76.5 Å². The molecule has 8 heteroatoms. The molecule has 0 bridgehead atoms. The van der Waals surface area contributed by atoms with Crippen LogP contribution < -0.4 is 10.0 Å². The highest BCUT2D eigenvalue weighted by molar-refractivity contribution is 7.96. The predicted octanol–water partition coefficient (Wildman–Crippen LogP) is 4.71. The quantitative estimate of drug-likeness (QED) is 0.587. The fourth-order valence-electron chi connectivity index (χ4n) is 4.97. The minimum absolute atomic E-state index is 0.355. The largest absolute Gasteiger partial charge is 0.443 e. The second kappa shape index (κ2) is 10.8. The molecule has 4 rings (SSSR count). The summed E-state index contributed by atoms with van der Waals surface area (Å²) in [4.78, 5) is 16.9. The molecule has 0 spiro atoms. The number of carbonyl (C=O) groups excluding carboxylic acids is 1. The van der Waals surface area contributed by atoms with Gasteiger partial charge in [-0.05, 0) is 89.3 Å². The van der Waals surface area contributed by atoms with Crippen molar-refractivity contribution in [1.29, 1.82) is 0 Å². The number of piperidine rings is 1. The molecule has 33 heavy (non-hydrogen) atoms. The standard InChI is InChI=1S/C25H38N4O3S/c1-25(2,3)32-24(30)29-16-27-22-13-18(7-10-23(22)29)17-5-8-20(9-6-17)31-15-19-14-26-12-11-21(19)28-33-4/h7,10,13,16-17,19-21,26,28H,5-6,8-9,11-12,14-15H2,1-4H3. The number of rotatable bonds is 6.